The van der Waals surface area contributed by atoms with Crippen LogP contribution in [0.5, 0.6) is 0 Å². The Hall–Kier alpha value is -1.04. The first-order valence-corrected chi connectivity index (χ1v) is 6.88. The zero-order valence-electron chi connectivity index (χ0n) is 10.3. The van der Waals surface area contributed by atoms with Gasteiger partial charge in [-0.2, -0.15) is 0 Å². The van der Waals surface area contributed by atoms with Crippen molar-refractivity contribution in [2.45, 2.75) is 51.2 Å². The Bertz CT molecular complexity index is 366. The van der Waals surface area contributed by atoms with Crippen molar-refractivity contribution in [1.82, 2.24) is 14.8 Å². The fourth-order valence-electron chi connectivity index (χ4n) is 1.48. The van der Waals surface area contributed by atoms with Crippen LogP contribution in [0.15, 0.2) is 5.16 Å². The molecule has 1 N–H and O–H groups in total. The van der Waals surface area contributed by atoms with Gasteiger partial charge in [0.15, 0.2) is 5.16 Å². The highest BCUT2D eigenvalue weighted by atomic mass is 32.2. The molecule has 1 aromatic rings. The molecular formula is C11H19N3O2S. The van der Waals surface area contributed by atoms with Crippen LogP contribution in [0.2, 0.25) is 0 Å². The molecule has 0 atom stereocenters. The molecule has 0 aromatic carbocycles. The molecule has 1 rings (SSSR count). The van der Waals surface area contributed by atoms with Gasteiger partial charge in [-0.1, -0.05) is 37.9 Å². The van der Waals surface area contributed by atoms with Gasteiger partial charge in [-0.15, -0.1) is 10.2 Å². The molecule has 96 valence electrons. The topological polar surface area (TPSA) is 68.0 Å². The predicted octanol–water partition coefficient (Wildman–Crippen LogP) is 2.34. The lowest BCUT2D eigenvalue weighted by Gasteiger charge is -2.04. The second kappa shape index (κ2) is 7.32. The zero-order valence-corrected chi connectivity index (χ0v) is 11.2. The van der Waals surface area contributed by atoms with E-state index in [1.165, 1.54) is 19.3 Å². The smallest absolute Gasteiger partial charge is 0.323 e. The van der Waals surface area contributed by atoms with Gasteiger partial charge in [-0.05, 0) is 13.3 Å². The lowest BCUT2D eigenvalue weighted by atomic mass is 10.2. The van der Waals surface area contributed by atoms with E-state index in [0.29, 0.717) is 11.0 Å². The first kappa shape index (κ1) is 14.0. The molecule has 0 saturated carbocycles. The second-order valence-electron chi connectivity index (χ2n) is 3.92. The van der Waals surface area contributed by atoms with E-state index >= 15 is 0 Å². The third kappa shape index (κ3) is 4.77. The number of nitrogens with zero attached hydrogens (tertiary/aromatic N) is 3. The van der Waals surface area contributed by atoms with Crippen molar-refractivity contribution < 1.29 is 9.90 Å². The number of hydrogen-bond donors (Lipinski definition) is 1. The van der Waals surface area contributed by atoms with E-state index in [1.807, 2.05) is 0 Å². The number of aliphatic carboxylic acids is 1. The number of hydrogen-bond acceptors (Lipinski definition) is 4. The highest BCUT2D eigenvalue weighted by molar-refractivity contribution is 7.99. The molecule has 0 aliphatic carbocycles. The molecule has 0 aliphatic heterocycles. The molecule has 0 amide bonds. The van der Waals surface area contributed by atoms with E-state index in [2.05, 4.69) is 17.1 Å². The van der Waals surface area contributed by atoms with Gasteiger partial charge in [0.25, 0.3) is 0 Å². The van der Waals surface area contributed by atoms with Crippen LogP contribution >= 0.6 is 11.8 Å². The highest BCUT2D eigenvalue weighted by Crippen LogP contribution is 2.18. The molecule has 1 aromatic heterocycles. The Balaban J connectivity index is 2.44. The van der Waals surface area contributed by atoms with E-state index in [1.54, 1.807) is 23.3 Å². The van der Waals surface area contributed by atoms with Gasteiger partial charge in [-0.3, -0.25) is 9.36 Å². The van der Waals surface area contributed by atoms with E-state index < -0.39 is 5.97 Å². The summed E-state index contributed by atoms with van der Waals surface area (Å²) in [4.78, 5) is 10.7. The summed E-state index contributed by atoms with van der Waals surface area (Å²) in [5, 5.41) is 17.4. The minimum atomic E-state index is -0.860. The molecule has 0 radical (unpaired) electrons. The quantitative estimate of drug-likeness (QED) is 0.572. The third-order valence-corrected chi connectivity index (χ3v) is 3.48. The van der Waals surface area contributed by atoms with Crippen LogP contribution in [0.3, 0.4) is 0 Å². The molecule has 5 nitrogen and oxygen atoms in total. The summed E-state index contributed by atoms with van der Waals surface area (Å²) >= 11 is 1.59. The van der Waals surface area contributed by atoms with Gasteiger partial charge in [0.1, 0.15) is 12.4 Å². The van der Waals surface area contributed by atoms with Crippen LogP contribution < -0.4 is 0 Å². The number of thioether (sulfide) groups is 1. The van der Waals surface area contributed by atoms with Crippen molar-refractivity contribution in [3.8, 4) is 0 Å². The van der Waals surface area contributed by atoms with Crippen molar-refractivity contribution >= 4 is 17.7 Å². The highest BCUT2D eigenvalue weighted by Gasteiger charge is 2.11. The van der Waals surface area contributed by atoms with Crippen molar-refractivity contribution in [1.29, 1.82) is 0 Å². The van der Waals surface area contributed by atoms with Crippen molar-refractivity contribution in [3.63, 3.8) is 0 Å². The first-order valence-electron chi connectivity index (χ1n) is 5.89. The van der Waals surface area contributed by atoms with Crippen molar-refractivity contribution in [2.24, 2.45) is 0 Å². The molecule has 0 aliphatic rings. The number of aryl methyl sites for hydroxylation is 1. The van der Waals surface area contributed by atoms with E-state index in [-0.39, 0.29) is 6.54 Å². The number of rotatable bonds is 8. The van der Waals surface area contributed by atoms with Crippen LogP contribution in [0, 0.1) is 6.92 Å². The molecular weight excluding hydrogens is 238 g/mol. The van der Waals surface area contributed by atoms with Gasteiger partial charge < -0.3 is 5.11 Å². The van der Waals surface area contributed by atoms with Crippen LogP contribution in [-0.2, 0) is 11.3 Å². The maximum Gasteiger partial charge on any atom is 0.323 e. The average molecular weight is 257 g/mol. The van der Waals surface area contributed by atoms with E-state index in [0.717, 1.165) is 12.2 Å². The summed E-state index contributed by atoms with van der Waals surface area (Å²) in [6.07, 6.45) is 4.83. The number of unbranched alkanes of at least 4 members (excludes halogenated alkanes) is 3. The minimum Gasteiger partial charge on any atom is -0.480 e. The van der Waals surface area contributed by atoms with Crippen LogP contribution in [-0.4, -0.2) is 31.6 Å². The Kier molecular flexibility index (Phi) is 6.04. The zero-order chi connectivity index (χ0) is 12.7. The molecule has 0 unspecified atom stereocenters. The summed E-state index contributed by atoms with van der Waals surface area (Å²) < 4.78 is 1.65. The fraction of sp³-hybridized carbons (Fsp3) is 0.727. The first-order chi connectivity index (χ1) is 8.15. The van der Waals surface area contributed by atoms with Gasteiger partial charge >= 0.3 is 5.97 Å². The van der Waals surface area contributed by atoms with Crippen LogP contribution in [0.1, 0.15) is 38.4 Å². The largest absolute Gasteiger partial charge is 0.480 e. The normalized spacial score (nSPS) is 10.7. The molecule has 0 bridgehead atoms. The molecule has 0 fully saturated rings. The van der Waals surface area contributed by atoms with Crippen LogP contribution in [0.4, 0.5) is 0 Å². The van der Waals surface area contributed by atoms with Crippen molar-refractivity contribution in [2.75, 3.05) is 5.75 Å². The van der Waals surface area contributed by atoms with E-state index in [4.69, 9.17) is 5.11 Å². The molecule has 6 heteroatoms. The third-order valence-electron chi connectivity index (χ3n) is 2.42. The Morgan fingerprint density at radius 2 is 2.12 bits per heavy atom. The molecule has 0 spiro atoms. The summed E-state index contributed by atoms with van der Waals surface area (Å²) in [6.45, 7) is 3.90. The van der Waals surface area contributed by atoms with Gasteiger partial charge in [0.2, 0.25) is 0 Å². The fourth-order valence-corrected chi connectivity index (χ4v) is 2.46. The minimum absolute atomic E-state index is 0.0594. The Morgan fingerprint density at radius 3 is 2.76 bits per heavy atom. The van der Waals surface area contributed by atoms with Gasteiger partial charge in [0.05, 0.1) is 0 Å². The van der Waals surface area contributed by atoms with Crippen LogP contribution in [0.25, 0.3) is 0 Å². The summed E-state index contributed by atoms with van der Waals surface area (Å²) in [6, 6.07) is 0. The number of carbonyl (C=O) groups is 1. The molecule has 1 heterocycles. The maximum absolute atomic E-state index is 10.7. The standard InChI is InChI=1S/C11H19N3O2S/c1-3-4-5-6-7-17-11-13-12-9(2)14(11)8-10(15)16/h3-8H2,1-2H3,(H,15,16). The molecule has 0 saturated heterocycles. The summed E-state index contributed by atoms with van der Waals surface area (Å²) in [7, 11) is 0. The monoisotopic (exact) mass is 257 g/mol. The Labute approximate surface area is 106 Å². The van der Waals surface area contributed by atoms with Gasteiger partial charge in [-0.25, -0.2) is 0 Å². The molecule has 17 heavy (non-hydrogen) atoms. The van der Waals surface area contributed by atoms with Crippen molar-refractivity contribution in [3.05, 3.63) is 5.82 Å². The lowest BCUT2D eigenvalue weighted by molar-refractivity contribution is -0.137. The second-order valence-corrected chi connectivity index (χ2v) is 4.98. The predicted molar refractivity (Wildman–Crippen MR) is 67.3 cm³/mol. The lowest BCUT2D eigenvalue weighted by Crippen LogP contribution is -2.11. The Morgan fingerprint density at radius 1 is 1.35 bits per heavy atom. The van der Waals surface area contributed by atoms with E-state index in [9.17, 15) is 4.79 Å². The SMILES string of the molecule is CCCCCCSc1nnc(C)n1CC(=O)O. The number of carboxylic acid groups (broad SMARTS) is 1. The number of carboxylic acids is 1. The van der Waals surface area contributed by atoms with Gasteiger partial charge in [0, 0.05) is 5.75 Å². The average Bonchev–Trinajstić information content (AvgIpc) is 2.60. The summed E-state index contributed by atoms with van der Waals surface area (Å²) in [5.41, 5.74) is 0. The summed E-state index contributed by atoms with van der Waals surface area (Å²) in [5.74, 6) is 0.766. The maximum atomic E-state index is 10.7. The number of aromatic nitrogens is 3.